The summed E-state index contributed by atoms with van der Waals surface area (Å²) in [5.74, 6) is -1.64. The number of rotatable bonds is 10. The number of nitrogens with one attached hydrogen (secondary N) is 1. The van der Waals surface area contributed by atoms with Crippen LogP contribution in [0.4, 0.5) is 19.0 Å². The van der Waals surface area contributed by atoms with Gasteiger partial charge < -0.3 is 36.3 Å². The number of ether oxygens (including phenoxy) is 1. The number of aromatic nitrogens is 3. The molecule has 2 aromatic rings. The second-order valence-electron chi connectivity index (χ2n) is 8.30. The molecule has 0 fully saturated rings. The third-order valence-corrected chi connectivity index (χ3v) is 5.64. The molecular weight excluding hydrogens is 497 g/mol. The molecule has 7 N–H and O–H groups in total. The van der Waals surface area contributed by atoms with E-state index in [-0.39, 0.29) is 54.5 Å². The van der Waals surface area contributed by atoms with Crippen LogP contribution >= 0.6 is 0 Å². The van der Waals surface area contributed by atoms with Gasteiger partial charge in [-0.1, -0.05) is 6.58 Å². The van der Waals surface area contributed by atoms with E-state index in [2.05, 4.69) is 16.7 Å². The number of hydrogen-bond acceptors (Lipinski definition) is 8. The molecule has 3 heterocycles. The van der Waals surface area contributed by atoms with E-state index in [4.69, 9.17) is 21.3 Å². The minimum absolute atomic E-state index is 0.00437. The van der Waals surface area contributed by atoms with E-state index in [0.717, 1.165) is 23.1 Å². The van der Waals surface area contributed by atoms with Crippen LogP contribution in [0, 0.1) is 0 Å². The fraction of sp³-hybridized carbons (Fsp3) is 0.348. The SMILES string of the molecule is C=C(CCCN1CCCc2c(C(F)(F)F)nn(C(/C=C(\N)OCc3cc(=O)c(O)c[nH]3)=C/N)c21)C(=O)O. The molecule has 1 aliphatic rings. The molecule has 0 atom stereocenters. The summed E-state index contributed by atoms with van der Waals surface area (Å²) in [7, 11) is 0. The van der Waals surface area contributed by atoms with Crippen molar-refractivity contribution in [1.29, 1.82) is 0 Å². The van der Waals surface area contributed by atoms with Crippen LogP contribution in [-0.2, 0) is 28.7 Å². The highest BCUT2D eigenvalue weighted by Crippen LogP contribution is 2.40. The zero-order chi connectivity index (χ0) is 27.3. The van der Waals surface area contributed by atoms with E-state index in [1.54, 1.807) is 4.90 Å². The molecule has 0 saturated heterocycles. The Hall–Kier alpha value is -4.36. The molecule has 14 heteroatoms. The number of H-pyrrole nitrogens is 1. The minimum atomic E-state index is -4.72. The van der Waals surface area contributed by atoms with E-state index >= 15 is 0 Å². The number of alkyl halides is 3. The third kappa shape index (κ3) is 6.45. The van der Waals surface area contributed by atoms with Crippen molar-refractivity contribution in [2.24, 2.45) is 11.5 Å². The van der Waals surface area contributed by atoms with Gasteiger partial charge in [-0.05, 0) is 25.7 Å². The van der Waals surface area contributed by atoms with Gasteiger partial charge in [0.15, 0.2) is 17.3 Å². The number of nitrogens with zero attached hydrogens (tertiary/aromatic N) is 3. The number of nitrogens with two attached hydrogens (primary N) is 2. The van der Waals surface area contributed by atoms with Gasteiger partial charge in [-0.25, -0.2) is 9.48 Å². The molecule has 11 nitrogen and oxygen atoms in total. The number of carbonyl (C=O) groups is 1. The lowest BCUT2D eigenvalue weighted by atomic mass is 10.0. The van der Waals surface area contributed by atoms with Crippen molar-refractivity contribution in [1.82, 2.24) is 14.8 Å². The van der Waals surface area contributed by atoms with Crippen molar-refractivity contribution in [3.05, 3.63) is 69.7 Å². The maximum Gasteiger partial charge on any atom is 0.435 e. The quantitative estimate of drug-likeness (QED) is 0.177. The maximum absolute atomic E-state index is 13.8. The summed E-state index contributed by atoms with van der Waals surface area (Å²) in [6.07, 6.45) is -0.283. The highest BCUT2D eigenvalue weighted by atomic mass is 19.4. The molecule has 0 bridgehead atoms. The molecule has 3 rings (SSSR count). The van der Waals surface area contributed by atoms with E-state index in [1.807, 2.05) is 0 Å². The molecule has 0 radical (unpaired) electrons. The van der Waals surface area contributed by atoms with Crippen LogP contribution < -0.4 is 21.8 Å². The first-order valence-electron chi connectivity index (χ1n) is 11.2. The van der Waals surface area contributed by atoms with Gasteiger partial charge in [-0.3, -0.25) is 4.79 Å². The number of aromatic hydroxyl groups is 1. The topological polar surface area (TPSA) is 173 Å². The monoisotopic (exact) mass is 524 g/mol. The van der Waals surface area contributed by atoms with Crippen molar-refractivity contribution in [3.63, 3.8) is 0 Å². The molecule has 0 amide bonds. The standard InChI is InChI=1S/C23H27F3N6O5/c1-13(22(35)36)4-2-6-31-7-3-5-16-20(23(24,25)26)30-32(21(16)31)15(10-27)9-19(28)37-12-14-8-17(33)18(34)11-29-14/h8-11,34H,1-7,12,27-28H2,(H,29,33)(H,35,36)/b15-10+,19-9+. The Balaban J connectivity index is 1.90. The Morgan fingerprint density at radius 1 is 1.38 bits per heavy atom. The molecule has 0 saturated carbocycles. The molecule has 2 aromatic heterocycles. The number of aliphatic carboxylic acids is 1. The lowest BCUT2D eigenvalue weighted by molar-refractivity contribution is -0.142. The summed E-state index contributed by atoms with van der Waals surface area (Å²) in [4.78, 5) is 26.9. The first kappa shape index (κ1) is 27.2. The molecule has 37 heavy (non-hydrogen) atoms. The molecule has 0 spiro atoms. The van der Waals surface area contributed by atoms with Crippen LogP contribution in [0.15, 0.2) is 47.4 Å². The Morgan fingerprint density at radius 3 is 2.73 bits per heavy atom. The van der Waals surface area contributed by atoms with E-state index < -0.39 is 29.0 Å². The van der Waals surface area contributed by atoms with E-state index in [9.17, 15) is 27.9 Å². The van der Waals surface area contributed by atoms with Crippen molar-refractivity contribution in [2.45, 2.75) is 38.5 Å². The van der Waals surface area contributed by atoms with Gasteiger partial charge in [-0.2, -0.15) is 18.3 Å². The molecule has 0 aliphatic carbocycles. The zero-order valence-corrected chi connectivity index (χ0v) is 19.7. The lowest BCUT2D eigenvalue weighted by Gasteiger charge is -2.30. The van der Waals surface area contributed by atoms with Gasteiger partial charge in [0.25, 0.3) is 0 Å². The maximum atomic E-state index is 13.8. The number of fused-ring (bicyclic) bond motifs is 1. The Kier molecular flexibility index (Phi) is 8.20. The van der Waals surface area contributed by atoms with Gasteiger partial charge in [-0.15, -0.1) is 0 Å². The number of carboxylic acid groups (broad SMARTS) is 1. The van der Waals surface area contributed by atoms with E-state index in [0.29, 0.717) is 25.1 Å². The van der Waals surface area contributed by atoms with Crippen LogP contribution in [0.5, 0.6) is 5.75 Å². The summed E-state index contributed by atoms with van der Waals surface area (Å²) in [6.45, 7) is 3.98. The van der Waals surface area contributed by atoms with Crippen molar-refractivity contribution in [3.8, 4) is 5.75 Å². The van der Waals surface area contributed by atoms with Crippen LogP contribution in [0.25, 0.3) is 5.70 Å². The van der Waals surface area contributed by atoms with Gasteiger partial charge in [0.2, 0.25) is 5.43 Å². The van der Waals surface area contributed by atoms with Gasteiger partial charge in [0.1, 0.15) is 12.4 Å². The lowest BCUT2D eigenvalue weighted by Crippen LogP contribution is -2.32. The minimum Gasteiger partial charge on any atom is -0.503 e. The zero-order valence-electron chi connectivity index (χ0n) is 19.7. The highest BCUT2D eigenvalue weighted by Gasteiger charge is 2.41. The van der Waals surface area contributed by atoms with Crippen molar-refractivity contribution in [2.75, 3.05) is 18.0 Å². The number of carboxylic acids is 1. The number of aromatic amines is 1. The average molecular weight is 525 g/mol. The second kappa shape index (κ2) is 11.1. The smallest absolute Gasteiger partial charge is 0.435 e. The number of allylic oxidation sites excluding steroid dienone is 2. The third-order valence-electron chi connectivity index (χ3n) is 5.64. The Morgan fingerprint density at radius 2 is 2.11 bits per heavy atom. The van der Waals surface area contributed by atoms with Crippen LogP contribution in [0.2, 0.25) is 0 Å². The van der Waals surface area contributed by atoms with Crippen LogP contribution in [0.3, 0.4) is 0 Å². The summed E-state index contributed by atoms with van der Waals surface area (Å²) < 4.78 is 47.9. The first-order valence-corrected chi connectivity index (χ1v) is 11.2. The summed E-state index contributed by atoms with van der Waals surface area (Å²) >= 11 is 0. The highest BCUT2D eigenvalue weighted by molar-refractivity contribution is 5.85. The number of hydrogen-bond donors (Lipinski definition) is 5. The summed E-state index contributed by atoms with van der Waals surface area (Å²) in [5, 5.41) is 22.1. The first-order chi connectivity index (χ1) is 17.4. The number of anilines is 1. The van der Waals surface area contributed by atoms with E-state index in [1.165, 1.54) is 6.08 Å². The molecule has 1 aliphatic heterocycles. The number of halogens is 3. The summed E-state index contributed by atoms with van der Waals surface area (Å²) in [6, 6.07) is 1.11. The Bertz CT molecular complexity index is 1290. The fourth-order valence-electron chi connectivity index (χ4n) is 3.88. The number of pyridine rings is 1. The molecular formula is C23H27F3N6O5. The average Bonchev–Trinajstić information content (AvgIpc) is 3.24. The predicted octanol–water partition coefficient (Wildman–Crippen LogP) is 2.24. The van der Waals surface area contributed by atoms with Gasteiger partial charge in [0, 0.05) is 48.8 Å². The van der Waals surface area contributed by atoms with Crippen LogP contribution in [-0.4, -0.2) is 44.0 Å². The van der Waals surface area contributed by atoms with Gasteiger partial charge in [0.05, 0.1) is 11.4 Å². The van der Waals surface area contributed by atoms with Crippen LogP contribution in [0.1, 0.15) is 36.2 Å². The normalized spacial score (nSPS) is 14.4. The molecule has 200 valence electrons. The Labute approximate surface area is 209 Å². The van der Waals surface area contributed by atoms with Gasteiger partial charge >= 0.3 is 12.1 Å². The van der Waals surface area contributed by atoms with Crippen molar-refractivity contribution >= 4 is 17.5 Å². The largest absolute Gasteiger partial charge is 0.503 e. The predicted molar refractivity (Wildman–Crippen MR) is 128 cm³/mol. The fourth-order valence-corrected chi connectivity index (χ4v) is 3.88. The molecule has 0 aromatic carbocycles. The summed E-state index contributed by atoms with van der Waals surface area (Å²) in [5.41, 5.74) is 10.3. The second-order valence-corrected chi connectivity index (χ2v) is 8.30. The van der Waals surface area contributed by atoms with Crippen molar-refractivity contribution < 1.29 is 32.9 Å². The molecule has 0 unspecified atom stereocenters.